The Morgan fingerprint density at radius 2 is 1.69 bits per heavy atom. The van der Waals surface area contributed by atoms with Gasteiger partial charge in [-0.2, -0.15) is 0 Å². The van der Waals surface area contributed by atoms with Crippen molar-refractivity contribution in [1.29, 1.82) is 0 Å². The van der Waals surface area contributed by atoms with Crippen LogP contribution in [0.2, 0.25) is 5.02 Å². The molecule has 39 heavy (non-hydrogen) atoms. The molecular weight excluding hydrogens is 510 g/mol. The van der Waals surface area contributed by atoms with E-state index >= 15 is 0 Å². The molecule has 3 atom stereocenters. The summed E-state index contributed by atoms with van der Waals surface area (Å²) in [5.74, 6) is 1.16. The van der Waals surface area contributed by atoms with Gasteiger partial charge in [0.15, 0.2) is 0 Å². The van der Waals surface area contributed by atoms with Crippen molar-refractivity contribution in [3.05, 3.63) is 34.9 Å². The quantitative estimate of drug-likeness (QED) is 0.397. The molecule has 5 rings (SSSR count). The summed E-state index contributed by atoms with van der Waals surface area (Å²) < 4.78 is 5.49. The number of carbonyl (C=O) groups excluding carboxylic acids is 2. The van der Waals surface area contributed by atoms with E-state index in [9.17, 15) is 9.59 Å². The fourth-order valence-corrected chi connectivity index (χ4v) is 8.17. The molecule has 4 fully saturated rings. The molecule has 2 amide bonds. The lowest BCUT2D eigenvalue weighted by atomic mass is 9.63. The molecule has 2 heterocycles. The first-order valence-electron chi connectivity index (χ1n) is 15.2. The molecule has 0 N–H and O–H groups in total. The van der Waals surface area contributed by atoms with Crippen LogP contribution in [0.5, 0.6) is 0 Å². The van der Waals surface area contributed by atoms with Crippen LogP contribution in [0.3, 0.4) is 0 Å². The van der Waals surface area contributed by atoms with Crippen LogP contribution < -0.4 is 0 Å². The number of hydrogen-bond donors (Lipinski definition) is 0. The van der Waals surface area contributed by atoms with E-state index in [-0.39, 0.29) is 28.9 Å². The Morgan fingerprint density at radius 3 is 2.28 bits per heavy atom. The van der Waals surface area contributed by atoms with Crippen molar-refractivity contribution in [2.45, 2.75) is 95.6 Å². The van der Waals surface area contributed by atoms with Crippen LogP contribution in [0.15, 0.2) is 24.3 Å². The Bertz CT molecular complexity index is 1010. The minimum Gasteiger partial charge on any atom is -0.447 e. The molecule has 6 nitrogen and oxygen atoms in total. The minimum atomic E-state index is -0.275. The first kappa shape index (κ1) is 28.7. The first-order chi connectivity index (χ1) is 18.6. The Hall–Kier alpha value is -1.79. The van der Waals surface area contributed by atoms with Gasteiger partial charge >= 0.3 is 6.09 Å². The second-order valence-corrected chi connectivity index (χ2v) is 14.1. The molecule has 4 aliphatic rings. The maximum atomic E-state index is 14.2. The van der Waals surface area contributed by atoms with Gasteiger partial charge in [0.25, 0.3) is 0 Å². The highest BCUT2D eigenvalue weighted by molar-refractivity contribution is 6.30. The van der Waals surface area contributed by atoms with Crippen molar-refractivity contribution in [3.63, 3.8) is 0 Å². The highest BCUT2D eigenvalue weighted by Crippen LogP contribution is 2.49. The zero-order valence-corrected chi connectivity index (χ0v) is 25.2. The number of ether oxygens (including phenoxy) is 1. The summed E-state index contributed by atoms with van der Waals surface area (Å²) in [7, 11) is 4.30. The molecule has 2 saturated heterocycles. The van der Waals surface area contributed by atoms with E-state index in [1.54, 1.807) is 0 Å². The Kier molecular flexibility index (Phi) is 8.54. The molecule has 2 saturated carbocycles. The van der Waals surface area contributed by atoms with Gasteiger partial charge in [0.05, 0.1) is 5.54 Å². The summed E-state index contributed by atoms with van der Waals surface area (Å²) in [6.45, 7) is 7.03. The minimum absolute atomic E-state index is 0.0112. The number of amides is 2. The van der Waals surface area contributed by atoms with Gasteiger partial charge in [-0.3, -0.25) is 9.69 Å². The lowest BCUT2D eigenvalue weighted by molar-refractivity contribution is -0.141. The Labute approximate surface area is 240 Å². The molecule has 0 radical (unpaired) electrons. The molecule has 216 valence electrons. The molecule has 1 aromatic carbocycles. The molecule has 0 bridgehead atoms. The normalized spacial score (nSPS) is 29.5. The molecular formula is C32H48ClN3O3. The summed E-state index contributed by atoms with van der Waals surface area (Å²) >= 11 is 6.21. The van der Waals surface area contributed by atoms with Crippen LogP contribution in [0, 0.1) is 17.3 Å². The van der Waals surface area contributed by atoms with Crippen LogP contribution in [-0.4, -0.2) is 78.6 Å². The highest BCUT2D eigenvalue weighted by atomic mass is 35.5. The molecule has 2 aliphatic heterocycles. The summed E-state index contributed by atoms with van der Waals surface area (Å²) in [6, 6.07) is 8.64. The number of carbonyl (C=O) groups is 2. The van der Waals surface area contributed by atoms with Gasteiger partial charge < -0.3 is 14.5 Å². The van der Waals surface area contributed by atoms with Crippen LogP contribution in [-0.2, 0) is 9.53 Å². The summed E-state index contributed by atoms with van der Waals surface area (Å²) in [5.41, 5.74) is 1.02. The first-order valence-corrected chi connectivity index (χ1v) is 15.6. The monoisotopic (exact) mass is 557 g/mol. The van der Waals surface area contributed by atoms with Gasteiger partial charge in [-0.25, -0.2) is 4.79 Å². The smallest absolute Gasteiger partial charge is 0.410 e. The molecule has 0 aromatic heterocycles. The molecule has 7 heteroatoms. The van der Waals surface area contributed by atoms with Gasteiger partial charge in [0.1, 0.15) is 6.61 Å². The van der Waals surface area contributed by atoms with Crippen LogP contribution >= 0.6 is 11.6 Å². The fraction of sp³-hybridized carbons (Fsp3) is 0.750. The van der Waals surface area contributed by atoms with E-state index in [0.717, 1.165) is 56.8 Å². The maximum absolute atomic E-state index is 14.2. The Balaban J connectivity index is 1.33. The van der Waals surface area contributed by atoms with Crippen LogP contribution in [0.4, 0.5) is 4.79 Å². The third-order valence-electron chi connectivity index (χ3n) is 10.7. The van der Waals surface area contributed by atoms with E-state index in [1.165, 1.54) is 37.7 Å². The van der Waals surface area contributed by atoms with Crippen molar-refractivity contribution in [1.82, 2.24) is 14.7 Å². The summed E-state index contributed by atoms with van der Waals surface area (Å²) in [4.78, 5) is 33.4. The zero-order chi connectivity index (χ0) is 27.8. The lowest BCUT2D eigenvalue weighted by Crippen LogP contribution is -2.56. The Morgan fingerprint density at radius 1 is 1.03 bits per heavy atom. The van der Waals surface area contributed by atoms with E-state index in [4.69, 9.17) is 16.3 Å². The maximum Gasteiger partial charge on any atom is 0.410 e. The lowest BCUT2D eigenvalue weighted by Gasteiger charge is -2.51. The zero-order valence-electron chi connectivity index (χ0n) is 24.5. The molecule has 1 aromatic rings. The summed E-state index contributed by atoms with van der Waals surface area (Å²) in [6.07, 6.45) is 11.1. The second kappa shape index (κ2) is 11.6. The number of cyclic esters (lactones) is 1. The predicted octanol–water partition coefficient (Wildman–Crippen LogP) is 6.57. The average molecular weight is 558 g/mol. The molecule has 2 aliphatic carbocycles. The van der Waals surface area contributed by atoms with Crippen LogP contribution in [0.25, 0.3) is 0 Å². The summed E-state index contributed by atoms with van der Waals surface area (Å²) in [5, 5.41) is 0.738. The van der Waals surface area contributed by atoms with Crippen molar-refractivity contribution in [3.8, 4) is 0 Å². The molecule has 1 unspecified atom stereocenters. The van der Waals surface area contributed by atoms with Crippen molar-refractivity contribution < 1.29 is 14.3 Å². The third kappa shape index (κ3) is 5.98. The van der Waals surface area contributed by atoms with E-state index in [1.807, 2.05) is 17.0 Å². The van der Waals surface area contributed by atoms with Gasteiger partial charge in [-0.1, -0.05) is 43.0 Å². The van der Waals surface area contributed by atoms with E-state index < -0.39 is 0 Å². The predicted molar refractivity (Wildman–Crippen MR) is 156 cm³/mol. The number of piperidine rings is 1. The van der Waals surface area contributed by atoms with E-state index in [0.29, 0.717) is 24.5 Å². The second-order valence-electron chi connectivity index (χ2n) is 13.7. The highest BCUT2D eigenvalue weighted by Gasteiger charge is 2.50. The standard InChI is InChI=1S/C32H48ClN3O3/c1-31(2)22-39-30(38)36(31)21-32(24-8-6-5-7-9-24)16-18-35(19-17-32)29(37)27-15-14-26(34(3)4)20-28(27)23-10-12-25(33)13-11-23/h10-13,24,26-28H,5-9,14-22H2,1-4H3/t26-,27?,28-/m0/s1. The number of rotatable bonds is 6. The number of hydrogen-bond acceptors (Lipinski definition) is 4. The number of likely N-dealkylation sites (tertiary alicyclic amines) is 1. The third-order valence-corrected chi connectivity index (χ3v) is 10.9. The van der Waals surface area contributed by atoms with Gasteiger partial charge in [0.2, 0.25) is 5.91 Å². The van der Waals surface area contributed by atoms with Crippen molar-refractivity contribution in [2.75, 3.05) is 40.3 Å². The fourth-order valence-electron chi connectivity index (χ4n) is 8.04. The van der Waals surface area contributed by atoms with Gasteiger partial charge in [-0.15, -0.1) is 0 Å². The SMILES string of the molecule is CN(C)[C@H]1CCC(C(=O)N2CCC(CN3C(=O)OCC3(C)C)(C3CCCCC3)CC2)[C@H](c2ccc(Cl)cc2)C1. The van der Waals surface area contributed by atoms with Gasteiger partial charge in [0, 0.05) is 36.6 Å². The average Bonchev–Trinajstić information content (AvgIpc) is 3.20. The number of benzene rings is 1. The van der Waals surface area contributed by atoms with Gasteiger partial charge in [-0.05, 0) is 108 Å². The largest absolute Gasteiger partial charge is 0.447 e. The van der Waals surface area contributed by atoms with Crippen molar-refractivity contribution in [2.24, 2.45) is 17.3 Å². The van der Waals surface area contributed by atoms with E-state index in [2.05, 4.69) is 49.9 Å². The number of halogens is 1. The van der Waals surface area contributed by atoms with Crippen LogP contribution in [0.1, 0.15) is 89.5 Å². The number of nitrogens with zero attached hydrogens (tertiary/aromatic N) is 3. The molecule has 0 spiro atoms. The topological polar surface area (TPSA) is 53.1 Å². The van der Waals surface area contributed by atoms with Crippen molar-refractivity contribution >= 4 is 23.6 Å².